The van der Waals surface area contributed by atoms with Crippen molar-refractivity contribution in [1.29, 1.82) is 0 Å². The number of ether oxygens (including phenoxy) is 1. The molecular weight excluding hydrogens is 449 g/mol. The normalized spacial score (nSPS) is 19.4. The zero-order valence-electron chi connectivity index (χ0n) is 20.9. The Morgan fingerprint density at radius 2 is 2.03 bits per heavy atom. The van der Waals surface area contributed by atoms with Crippen LogP contribution in [0, 0.1) is 11.8 Å². The quantitative estimate of drug-likeness (QED) is 0.570. The fourth-order valence-electron chi connectivity index (χ4n) is 5.88. The molecule has 8 heteroatoms. The summed E-state index contributed by atoms with van der Waals surface area (Å²) in [4.78, 5) is 26.7. The number of aliphatic hydroxyl groups is 1. The molecule has 0 spiro atoms. The lowest BCUT2D eigenvalue weighted by Crippen LogP contribution is -2.40. The van der Waals surface area contributed by atoms with E-state index in [1.807, 2.05) is 18.2 Å². The zero-order chi connectivity index (χ0) is 24.9. The van der Waals surface area contributed by atoms with Gasteiger partial charge in [-0.1, -0.05) is 0 Å². The summed E-state index contributed by atoms with van der Waals surface area (Å²) in [5, 5.41) is 13.5. The fourth-order valence-corrected chi connectivity index (χ4v) is 5.88. The molecule has 35 heavy (non-hydrogen) atoms. The molecule has 4 rings (SSSR count). The van der Waals surface area contributed by atoms with Gasteiger partial charge in [0.2, 0.25) is 5.91 Å². The number of alkyl halides is 1. The number of aliphatic hydroxyl groups excluding tert-OH is 1. The SMILES string of the molecule is CN(C(=O)c1ccc2c(c1)c1c(n2C)CC[C@@H](C2CCOCC2)C1)C(CO)CCC(=O)NCCF. The molecule has 0 saturated carbocycles. The minimum Gasteiger partial charge on any atom is -0.394 e. The molecule has 2 amide bonds. The van der Waals surface area contributed by atoms with Gasteiger partial charge < -0.3 is 24.6 Å². The number of carbonyl (C=O) groups excluding carboxylic acids is 2. The maximum atomic E-state index is 13.3. The topological polar surface area (TPSA) is 83.8 Å². The number of hydrogen-bond donors (Lipinski definition) is 2. The molecule has 0 bridgehead atoms. The van der Waals surface area contributed by atoms with Crippen molar-refractivity contribution in [2.45, 2.75) is 51.0 Å². The van der Waals surface area contributed by atoms with Gasteiger partial charge >= 0.3 is 0 Å². The summed E-state index contributed by atoms with van der Waals surface area (Å²) >= 11 is 0. The number of aryl methyl sites for hydroxylation is 1. The Morgan fingerprint density at radius 3 is 2.74 bits per heavy atom. The second-order valence-electron chi connectivity index (χ2n) is 10.00. The first kappa shape index (κ1) is 25.6. The summed E-state index contributed by atoms with van der Waals surface area (Å²) in [5.41, 5.74) is 4.46. The van der Waals surface area contributed by atoms with E-state index in [1.54, 1.807) is 7.05 Å². The van der Waals surface area contributed by atoms with Gasteiger partial charge in [0.25, 0.3) is 5.91 Å². The molecule has 2 atom stereocenters. The Labute approximate surface area is 206 Å². The molecule has 1 aromatic carbocycles. The lowest BCUT2D eigenvalue weighted by molar-refractivity contribution is -0.121. The van der Waals surface area contributed by atoms with E-state index in [-0.39, 0.29) is 31.4 Å². The van der Waals surface area contributed by atoms with E-state index in [0.29, 0.717) is 23.8 Å². The molecule has 1 saturated heterocycles. The fraction of sp³-hybridized carbons (Fsp3) is 0.630. The molecule has 1 fully saturated rings. The Hall–Kier alpha value is -2.45. The Morgan fingerprint density at radius 1 is 1.26 bits per heavy atom. The van der Waals surface area contributed by atoms with E-state index in [1.165, 1.54) is 22.6 Å². The van der Waals surface area contributed by atoms with Crippen molar-refractivity contribution in [2.75, 3.05) is 40.1 Å². The first-order chi connectivity index (χ1) is 16.9. The lowest BCUT2D eigenvalue weighted by Gasteiger charge is -2.33. The molecule has 2 heterocycles. The Bertz CT molecular complexity index is 1050. The average Bonchev–Trinajstić information content (AvgIpc) is 3.18. The number of nitrogens with zero attached hydrogens (tertiary/aromatic N) is 2. The van der Waals surface area contributed by atoms with Crippen LogP contribution in [0.4, 0.5) is 4.39 Å². The number of likely N-dealkylation sites (N-methyl/N-ethyl adjacent to an activating group) is 1. The standard InChI is InChI=1S/C27H38FN3O4/c1-30(21(17-32)5-8-26(33)29-12-11-28)27(34)20-4-7-25-23(16-20)22-15-19(3-6-24(22)31(25)2)18-9-13-35-14-10-18/h4,7,16,18-19,21,32H,3,5-6,8-15,17H2,1-2H3,(H,29,33)/t19-,21?/m1/s1. The predicted octanol–water partition coefficient (Wildman–Crippen LogP) is 3.01. The van der Waals surface area contributed by atoms with E-state index < -0.39 is 12.7 Å². The molecule has 192 valence electrons. The van der Waals surface area contributed by atoms with Crippen molar-refractivity contribution in [2.24, 2.45) is 18.9 Å². The smallest absolute Gasteiger partial charge is 0.253 e. The van der Waals surface area contributed by atoms with Crippen LogP contribution in [0.3, 0.4) is 0 Å². The van der Waals surface area contributed by atoms with Gasteiger partial charge in [0, 0.05) is 62.4 Å². The van der Waals surface area contributed by atoms with Gasteiger partial charge in [0.05, 0.1) is 12.6 Å². The summed E-state index contributed by atoms with van der Waals surface area (Å²) in [5.74, 6) is 0.903. The molecule has 7 nitrogen and oxygen atoms in total. The van der Waals surface area contributed by atoms with Crippen LogP contribution in [0.5, 0.6) is 0 Å². The van der Waals surface area contributed by atoms with Gasteiger partial charge in [0.1, 0.15) is 6.67 Å². The molecule has 1 aromatic heterocycles. The third-order valence-corrected chi connectivity index (χ3v) is 8.03. The first-order valence-electron chi connectivity index (χ1n) is 12.8. The molecule has 2 N–H and O–H groups in total. The molecule has 1 aliphatic carbocycles. The number of hydrogen-bond acceptors (Lipinski definition) is 4. The largest absolute Gasteiger partial charge is 0.394 e. The molecule has 1 aliphatic heterocycles. The van der Waals surface area contributed by atoms with Gasteiger partial charge in [-0.05, 0) is 74.1 Å². The highest BCUT2D eigenvalue weighted by Gasteiger charge is 2.31. The number of halogens is 1. The third kappa shape index (κ3) is 5.54. The molecule has 2 aliphatic rings. The zero-order valence-corrected chi connectivity index (χ0v) is 20.9. The van der Waals surface area contributed by atoms with Gasteiger partial charge in [-0.2, -0.15) is 0 Å². The summed E-state index contributed by atoms with van der Waals surface area (Å²) < 4.78 is 20.1. The minimum absolute atomic E-state index is 0.0197. The maximum Gasteiger partial charge on any atom is 0.253 e. The van der Waals surface area contributed by atoms with Crippen LogP contribution < -0.4 is 5.32 Å². The summed E-state index contributed by atoms with van der Waals surface area (Å²) in [7, 11) is 3.77. The van der Waals surface area contributed by atoms with Crippen molar-refractivity contribution in [3.8, 4) is 0 Å². The van der Waals surface area contributed by atoms with Gasteiger partial charge in [-0.3, -0.25) is 9.59 Å². The van der Waals surface area contributed by atoms with Gasteiger partial charge in [-0.25, -0.2) is 4.39 Å². The first-order valence-corrected chi connectivity index (χ1v) is 12.8. The van der Waals surface area contributed by atoms with Crippen molar-refractivity contribution in [3.05, 3.63) is 35.0 Å². The lowest BCUT2D eigenvalue weighted by atomic mass is 9.75. The number of rotatable bonds is 9. The van der Waals surface area contributed by atoms with Crippen LogP contribution in [0.15, 0.2) is 18.2 Å². The molecular formula is C27H38FN3O4. The number of carbonyl (C=O) groups is 2. The Balaban J connectivity index is 1.51. The average molecular weight is 488 g/mol. The number of aromatic nitrogens is 1. The maximum absolute atomic E-state index is 13.3. The summed E-state index contributed by atoms with van der Waals surface area (Å²) in [6.07, 6.45) is 6.00. The van der Waals surface area contributed by atoms with E-state index in [0.717, 1.165) is 49.8 Å². The second kappa shape index (κ2) is 11.5. The van der Waals surface area contributed by atoms with Crippen LogP contribution in [0.2, 0.25) is 0 Å². The highest BCUT2D eigenvalue weighted by Crippen LogP contribution is 2.39. The highest BCUT2D eigenvalue weighted by atomic mass is 19.1. The van der Waals surface area contributed by atoms with E-state index >= 15 is 0 Å². The van der Waals surface area contributed by atoms with E-state index in [2.05, 4.69) is 16.9 Å². The Kier molecular flexibility index (Phi) is 8.44. The summed E-state index contributed by atoms with van der Waals surface area (Å²) in [6.45, 7) is 0.841. The van der Waals surface area contributed by atoms with Crippen LogP contribution in [0.1, 0.15) is 53.7 Å². The monoisotopic (exact) mass is 487 g/mol. The highest BCUT2D eigenvalue weighted by molar-refractivity contribution is 5.99. The van der Waals surface area contributed by atoms with Crippen LogP contribution in [0.25, 0.3) is 10.9 Å². The van der Waals surface area contributed by atoms with Gasteiger partial charge in [-0.15, -0.1) is 0 Å². The van der Waals surface area contributed by atoms with Crippen molar-refractivity contribution in [1.82, 2.24) is 14.8 Å². The van der Waals surface area contributed by atoms with Crippen molar-refractivity contribution >= 4 is 22.7 Å². The number of fused-ring (bicyclic) bond motifs is 3. The molecule has 1 unspecified atom stereocenters. The number of amides is 2. The van der Waals surface area contributed by atoms with Crippen molar-refractivity contribution in [3.63, 3.8) is 0 Å². The number of benzene rings is 1. The van der Waals surface area contributed by atoms with Crippen LogP contribution in [-0.4, -0.2) is 72.5 Å². The van der Waals surface area contributed by atoms with E-state index in [9.17, 15) is 19.1 Å². The van der Waals surface area contributed by atoms with E-state index in [4.69, 9.17) is 4.74 Å². The predicted molar refractivity (Wildman–Crippen MR) is 133 cm³/mol. The van der Waals surface area contributed by atoms with Crippen molar-refractivity contribution < 1.29 is 23.8 Å². The third-order valence-electron chi connectivity index (χ3n) is 8.03. The van der Waals surface area contributed by atoms with Crippen LogP contribution in [-0.2, 0) is 29.4 Å². The summed E-state index contributed by atoms with van der Waals surface area (Å²) in [6, 6.07) is 5.39. The van der Waals surface area contributed by atoms with Crippen LogP contribution >= 0.6 is 0 Å². The molecule has 2 aromatic rings. The second-order valence-corrected chi connectivity index (χ2v) is 10.00. The number of nitrogens with one attached hydrogen (secondary N) is 1. The minimum atomic E-state index is -0.616. The van der Waals surface area contributed by atoms with Gasteiger partial charge in [0.15, 0.2) is 0 Å². The molecule has 0 radical (unpaired) electrons.